The molecule has 0 aromatic heterocycles. The van der Waals surface area contributed by atoms with Crippen LogP contribution in [0.4, 0.5) is 0 Å². The van der Waals surface area contributed by atoms with Crippen molar-refractivity contribution in [3.63, 3.8) is 0 Å². The van der Waals surface area contributed by atoms with Crippen LogP contribution in [0, 0.1) is 0 Å². The van der Waals surface area contributed by atoms with Gasteiger partial charge in [-0.25, -0.2) is 4.79 Å². The highest BCUT2D eigenvalue weighted by molar-refractivity contribution is 5.93. The van der Waals surface area contributed by atoms with Gasteiger partial charge in [-0.2, -0.15) is 0 Å². The molecule has 3 rings (SSSR count). The lowest BCUT2D eigenvalue weighted by Crippen LogP contribution is -2.12. The summed E-state index contributed by atoms with van der Waals surface area (Å²) in [5.74, 6) is 1.13. The Morgan fingerprint density at radius 2 is 1.75 bits per heavy atom. The fraction of sp³-hybridized carbons (Fsp3) is 0.316. The largest absolute Gasteiger partial charge is 0.490 e. The molecular weight excluding hydrogens is 308 g/mol. The molecule has 1 heterocycles. The summed E-state index contributed by atoms with van der Waals surface area (Å²) in [6, 6.07) is 11.6. The summed E-state index contributed by atoms with van der Waals surface area (Å²) in [6.07, 6.45) is 0.211. The van der Waals surface area contributed by atoms with Gasteiger partial charge in [0, 0.05) is 16.3 Å². The highest BCUT2D eigenvalue weighted by Gasteiger charge is 2.23. The molecule has 5 nitrogen and oxygen atoms in total. The quantitative estimate of drug-likeness (QED) is 0.322. The molecule has 24 heavy (non-hydrogen) atoms. The molecule has 2 aromatic carbocycles. The lowest BCUT2D eigenvalue weighted by Gasteiger charge is -2.12. The van der Waals surface area contributed by atoms with Crippen LogP contribution < -0.4 is 9.47 Å². The molecule has 0 amide bonds. The molecular formula is C19H20O5. The van der Waals surface area contributed by atoms with Crippen LogP contribution in [0.1, 0.15) is 6.92 Å². The van der Waals surface area contributed by atoms with Crippen molar-refractivity contribution in [3.05, 3.63) is 48.6 Å². The fourth-order valence-corrected chi connectivity index (χ4v) is 2.26. The summed E-state index contributed by atoms with van der Waals surface area (Å²) in [5.41, 5.74) is 0.376. The first kappa shape index (κ1) is 16.3. The van der Waals surface area contributed by atoms with E-state index in [9.17, 15) is 4.79 Å². The standard InChI is InChI=1S/C19H20O5/c1-13(2)19(20)22-10-9-21-17-7-3-6-16-15(17)5-4-8-18(16)24-12-14-11-23-14/h3-8,14H,1,9-12H2,2H3. The SMILES string of the molecule is C=C(C)C(=O)OCCOc1cccc2c(OCC3CO3)cccc12. The lowest BCUT2D eigenvalue weighted by atomic mass is 10.1. The van der Waals surface area contributed by atoms with E-state index in [1.807, 2.05) is 36.4 Å². The van der Waals surface area contributed by atoms with Gasteiger partial charge in [-0.3, -0.25) is 0 Å². The number of esters is 1. The molecule has 0 bridgehead atoms. The molecule has 0 radical (unpaired) electrons. The van der Waals surface area contributed by atoms with Crippen LogP contribution in [0.25, 0.3) is 10.8 Å². The summed E-state index contributed by atoms with van der Waals surface area (Å²) >= 11 is 0. The molecule has 1 saturated heterocycles. The van der Waals surface area contributed by atoms with Gasteiger partial charge in [0.15, 0.2) is 0 Å². The van der Waals surface area contributed by atoms with Crippen molar-refractivity contribution in [2.75, 3.05) is 26.4 Å². The van der Waals surface area contributed by atoms with E-state index >= 15 is 0 Å². The maximum Gasteiger partial charge on any atom is 0.333 e. The number of hydrogen-bond acceptors (Lipinski definition) is 5. The maximum atomic E-state index is 11.3. The first-order valence-electron chi connectivity index (χ1n) is 7.86. The fourth-order valence-electron chi connectivity index (χ4n) is 2.26. The van der Waals surface area contributed by atoms with Crippen molar-refractivity contribution in [2.24, 2.45) is 0 Å². The molecule has 2 aromatic rings. The smallest absolute Gasteiger partial charge is 0.333 e. The molecule has 0 N–H and O–H groups in total. The summed E-state index contributed by atoms with van der Waals surface area (Å²) in [6.45, 7) is 6.93. The van der Waals surface area contributed by atoms with E-state index in [2.05, 4.69) is 6.58 Å². The number of hydrogen-bond donors (Lipinski definition) is 0. The average Bonchev–Trinajstić information content (AvgIpc) is 3.41. The van der Waals surface area contributed by atoms with Crippen molar-refractivity contribution < 1.29 is 23.7 Å². The molecule has 1 aliphatic heterocycles. The molecule has 0 spiro atoms. The van der Waals surface area contributed by atoms with E-state index in [-0.39, 0.29) is 19.3 Å². The molecule has 1 unspecified atom stereocenters. The highest BCUT2D eigenvalue weighted by Crippen LogP contribution is 2.32. The molecule has 5 heteroatoms. The number of rotatable bonds is 8. The van der Waals surface area contributed by atoms with Gasteiger partial charge in [0.2, 0.25) is 0 Å². The zero-order chi connectivity index (χ0) is 16.9. The number of benzene rings is 2. The van der Waals surface area contributed by atoms with Crippen molar-refractivity contribution in [2.45, 2.75) is 13.0 Å². The number of carbonyl (C=O) groups excluding carboxylic acids is 1. The third-order valence-corrected chi connectivity index (χ3v) is 3.59. The monoisotopic (exact) mass is 328 g/mol. The lowest BCUT2D eigenvalue weighted by molar-refractivity contribution is -0.139. The van der Waals surface area contributed by atoms with Crippen LogP contribution in [0.3, 0.4) is 0 Å². The van der Waals surface area contributed by atoms with Gasteiger partial charge < -0.3 is 18.9 Å². The van der Waals surface area contributed by atoms with Gasteiger partial charge in [-0.15, -0.1) is 0 Å². The molecule has 1 fully saturated rings. The average molecular weight is 328 g/mol. The topological polar surface area (TPSA) is 57.3 Å². The van der Waals surface area contributed by atoms with Crippen LogP contribution in [0.5, 0.6) is 11.5 Å². The Labute approximate surface area is 140 Å². The first-order chi connectivity index (χ1) is 11.6. The van der Waals surface area contributed by atoms with Crippen LogP contribution >= 0.6 is 0 Å². The third-order valence-electron chi connectivity index (χ3n) is 3.59. The number of fused-ring (bicyclic) bond motifs is 1. The van der Waals surface area contributed by atoms with Gasteiger partial charge >= 0.3 is 5.97 Å². The Balaban J connectivity index is 1.65. The summed E-state index contributed by atoms with van der Waals surface area (Å²) in [4.78, 5) is 11.3. The van der Waals surface area contributed by atoms with Crippen molar-refractivity contribution in [3.8, 4) is 11.5 Å². The molecule has 126 valence electrons. The summed E-state index contributed by atoms with van der Waals surface area (Å²) in [5, 5.41) is 1.94. The second kappa shape index (κ2) is 7.36. The van der Waals surface area contributed by atoms with Gasteiger partial charge in [-0.05, 0) is 19.1 Å². The van der Waals surface area contributed by atoms with E-state index in [4.69, 9.17) is 18.9 Å². The van der Waals surface area contributed by atoms with E-state index in [1.165, 1.54) is 0 Å². The Morgan fingerprint density at radius 1 is 1.12 bits per heavy atom. The van der Waals surface area contributed by atoms with Crippen LogP contribution in [0.15, 0.2) is 48.6 Å². The van der Waals surface area contributed by atoms with Gasteiger partial charge in [-0.1, -0.05) is 30.8 Å². The van der Waals surface area contributed by atoms with Gasteiger partial charge in [0.05, 0.1) is 6.61 Å². The molecule has 1 aliphatic rings. The van der Waals surface area contributed by atoms with Crippen molar-refractivity contribution in [1.29, 1.82) is 0 Å². The van der Waals surface area contributed by atoms with E-state index in [0.29, 0.717) is 12.2 Å². The molecule has 0 saturated carbocycles. The van der Waals surface area contributed by atoms with Crippen LogP contribution in [-0.2, 0) is 14.3 Å². The van der Waals surface area contributed by atoms with Crippen molar-refractivity contribution in [1.82, 2.24) is 0 Å². The summed E-state index contributed by atoms with van der Waals surface area (Å²) in [7, 11) is 0. The van der Waals surface area contributed by atoms with E-state index < -0.39 is 5.97 Å². The Morgan fingerprint density at radius 3 is 2.33 bits per heavy atom. The second-order valence-electron chi connectivity index (χ2n) is 5.64. The van der Waals surface area contributed by atoms with Crippen LogP contribution in [-0.4, -0.2) is 38.5 Å². The number of ether oxygens (including phenoxy) is 4. The zero-order valence-corrected chi connectivity index (χ0v) is 13.6. The second-order valence-corrected chi connectivity index (χ2v) is 5.64. The molecule has 0 aliphatic carbocycles. The Kier molecular flexibility index (Phi) is 5.01. The number of epoxide rings is 1. The predicted octanol–water partition coefficient (Wildman–Crippen LogP) is 3.12. The predicted molar refractivity (Wildman–Crippen MR) is 90.5 cm³/mol. The summed E-state index contributed by atoms with van der Waals surface area (Å²) < 4.78 is 21.8. The molecule has 1 atom stereocenters. The van der Waals surface area contributed by atoms with Crippen molar-refractivity contribution >= 4 is 16.7 Å². The van der Waals surface area contributed by atoms with Gasteiger partial charge in [0.1, 0.15) is 37.4 Å². The Bertz CT molecular complexity index is 749. The number of carbonyl (C=O) groups is 1. The third kappa shape index (κ3) is 4.06. The van der Waals surface area contributed by atoms with Crippen LogP contribution in [0.2, 0.25) is 0 Å². The normalized spacial score (nSPS) is 15.8. The maximum absolute atomic E-state index is 11.3. The van der Waals surface area contributed by atoms with E-state index in [1.54, 1.807) is 6.92 Å². The van der Waals surface area contributed by atoms with Gasteiger partial charge in [0.25, 0.3) is 0 Å². The minimum Gasteiger partial charge on any atom is -0.490 e. The Hall–Kier alpha value is -2.53. The zero-order valence-electron chi connectivity index (χ0n) is 13.6. The first-order valence-corrected chi connectivity index (χ1v) is 7.86. The van der Waals surface area contributed by atoms with E-state index in [0.717, 1.165) is 28.9 Å². The minimum absolute atomic E-state index is 0.178. The minimum atomic E-state index is -0.408. The highest BCUT2D eigenvalue weighted by atomic mass is 16.6.